The third-order valence-corrected chi connectivity index (χ3v) is 1.35. The van der Waals surface area contributed by atoms with Crippen molar-refractivity contribution in [1.82, 2.24) is 0 Å². The van der Waals surface area contributed by atoms with Crippen molar-refractivity contribution in [3.63, 3.8) is 0 Å². The fraction of sp³-hybridized carbons (Fsp3) is 0.143. The van der Waals surface area contributed by atoms with E-state index >= 15 is 0 Å². The minimum atomic E-state index is 0. The van der Waals surface area contributed by atoms with Gasteiger partial charge in [0.2, 0.25) is 0 Å². The van der Waals surface area contributed by atoms with E-state index in [4.69, 9.17) is 16.7 Å². The first-order chi connectivity index (χ1) is 4.33. The Morgan fingerprint density at radius 2 is 1.70 bits per heavy atom. The fourth-order valence-corrected chi connectivity index (χ4v) is 0.716. The van der Waals surface area contributed by atoms with Crippen molar-refractivity contribution in [3.8, 4) is 0 Å². The van der Waals surface area contributed by atoms with Gasteiger partial charge in [-0.1, -0.05) is 23.7 Å². The van der Waals surface area contributed by atoms with E-state index in [1.807, 2.05) is 0 Å². The summed E-state index contributed by atoms with van der Waals surface area (Å²) in [5.74, 6) is 0. The van der Waals surface area contributed by atoms with Crippen LogP contribution in [0.3, 0.4) is 0 Å². The van der Waals surface area contributed by atoms with Gasteiger partial charge in [-0.2, -0.15) is 0 Å². The van der Waals surface area contributed by atoms with Crippen LogP contribution in [0.15, 0.2) is 24.3 Å². The van der Waals surface area contributed by atoms with Crippen molar-refractivity contribution in [2.45, 2.75) is 6.61 Å². The number of rotatable bonds is 1. The Hall–Kier alpha value is 0.470. The van der Waals surface area contributed by atoms with E-state index in [-0.39, 0.29) is 36.2 Å². The van der Waals surface area contributed by atoms with Gasteiger partial charge in [-0.05, 0) is 17.7 Å². The summed E-state index contributed by atoms with van der Waals surface area (Å²) < 4.78 is 0. The van der Waals surface area contributed by atoms with Crippen molar-refractivity contribution in [1.29, 1.82) is 0 Å². The molecule has 0 bridgehead atoms. The third-order valence-electron chi connectivity index (χ3n) is 1.10. The van der Waals surface area contributed by atoms with Crippen LogP contribution >= 0.6 is 11.6 Å². The van der Waals surface area contributed by atoms with Crippen LogP contribution in [0.25, 0.3) is 0 Å². The summed E-state index contributed by atoms with van der Waals surface area (Å²) >= 11 is 5.59. The van der Waals surface area contributed by atoms with Crippen LogP contribution < -0.4 is 0 Å². The summed E-state index contributed by atoms with van der Waals surface area (Å²) in [5, 5.41) is 9.29. The molecule has 0 saturated heterocycles. The molecule has 1 aromatic carbocycles. The van der Waals surface area contributed by atoms with Gasteiger partial charge in [0.1, 0.15) is 0 Å². The second kappa shape index (κ2) is 5.16. The zero-order valence-corrected chi connectivity index (χ0v) is 5.60. The molecule has 0 spiro atoms. The zero-order valence-electron chi connectivity index (χ0n) is 4.84. The van der Waals surface area contributed by atoms with E-state index in [9.17, 15) is 0 Å². The number of aliphatic hydroxyl groups excluding tert-OH is 1. The van der Waals surface area contributed by atoms with Gasteiger partial charge in [0, 0.05) is 5.02 Å². The molecule has 1 nitrogen and oxygen atoms in total. The van der Waals surface area contributed by atoms with Crippen molar-refractivity contribution in [2.75, 3.05) is 0 Å². The standard InChI is InChI=1S/C7H7ClO.Na.H/c8-7-3-1-6(5-9)2-4-7;;/h1-4,9H,5H2;;. The van der Waals surface area contributed by atoms with Crippen LogP contribution in [-0.4, -0.2) is 34.7 Å². The molecule has 0 aromatic heterocycles. The molecule has 10 heavy (non-hydrogen) atoms. The quantitative estimate of drug-likeness (QED) is 0.622. The Balaban J connectivity index is 0.000000810. The normalized spacial score (nSPS) is 8.60. The summed E-state index contributed by atoms with van der Waals surface area (Å²) in [4.78, 5) is 0. The summed E-state index contributed by atoms with van der Waals surface area (Å²) in [6.07, 6.45) is 0. The molecule has 3 heteroatoms. The summed E-state index contributed by atoms with van der Waals surface area (Å²) in [5.41, 5.74) is 0.888. The number of aliphatic hydroxyl groups is 1. The van der Waals surface area contributed by atoms with Gasteiger partial charge in [-0.3, -0.25) is 0 Å². The molecule has 0 amide bonds. The van der Waals surface area contributed by atoms with E-state index < -0.39 is 0 Å². The van der Waals surface area contributed by atoms with E-state index in [1.54, 1.807) is 24.3 Å². The van der Waals surface area contributed by atoms with Crippen molar-refractivity contribution in [3.05, 3.63) is 34.9 Å². The first-order valence-electron chi connectivity index (χ1n) is 2.68. The van der Waals surface area contributed by atoms with E-state index in [0.29, 0.717) is 5.02 Å². The Morgan fingerprint density at radius 1 is 1.20 bits per heavy atom. The monoisotopic (exact) mass is 166 g/mol. The van der Waals surface area contributed by atoms with Gasteiger partial charge in [-0.15, -0.1) is 0 Å². The molecule has 0 fully saturated rings. The van der Waals surface area contributed by atoms with Gasteiger partial charge < -0.3 is 5.11 Å². The van der Waals surface area contributed by atoms with E-state index in [0.717, 1.165) is 5.56 Å². The molecule has 0 aliphatic rings. The first kappa shape index (κ1) is 10.5. The maximum absolute atomic E-state index is 8.59. The molecule has 0 aliphatic carbocycles. The molecule has 1 N–H and O–H groups in total. The number of benzene rings is 1. The predicted molar refractivity (Wildman–Crippen MR) is 44.5 cm³/mol. The zero-order chi connectivity index (χ0) is 6.69. The summed E-state index contributed by atoms with van der Waals surface area (Å²) in [7, 11) is 0. The van der Waals surface area contributed by atoms with Gasteiger partial charge in [0.15, 0.2) is 0 Å². The second-order valence-corrected chi connectivity index (χ2v) is 2.22. The molecule has 1 aromatic rings. The molecular formula is C7H8ClNaO. The third kappa shape index (κ3) is 3.04. The summed E-state index contributed by atoms with van der Waals surface area (Å²) in [6.45, 7) is 0.0805. The molecule has 0 aliphatic heterocycles. The Kier molecular flexibility index (Phi) is 5.41. The fourth-order valence-electron chi connectivity index (χ4n) is 0.590. The molecule has 0 saturated carbocycles. The topological polar surface area (TPSA) is 20.2 Å². The first-order valence-corrected chi connectivity index (χ1v) is 3.06. The van der Waals surface area contributed by atoms with Gasteiger partial charge in [0.25, 0.3) is 0 Å². The number of hydrogen-bond acceptors (Lipinski definition) is 1. The summed E-state index contributed by atoms with van der Waals surface area (Å²) in [6, 6.07) is 7.10. The molecule has 1 rings (SSSR count). The minimum absolute atomic E-state index is 0. The average Bonchev–Trinajstić information content (AvgIpc) is 1.90. The Bertz CT molecular complexity index is 185. The van der Waals surface area contributed by atoms with Crippen LogP contribution in [0.2, 0.25) is 5.02 Å². The van der Waals surface area contributed by atoms with Crippen molar-refractivity contribution in [2.24, 2.45) is 0 Å². The van der Waals surface area contributed by atoms with Gasteiger partial charge >= 0.3 is 29.6 Å². The van der Waals surface area contributed by atoms with Crippen LogP contribution in [0.1, 0.15) is 5.56 Å². The van der Waals surface area contributed by atoms with Crippen LogP contribution in [-0.2, 0) is 6.61 Å². The van der Waals surface area contributed by atoms with Gasteiger partial charge in [-0.25, -0.2) is 0 Å². The van der Waals surface area contributed by atoms with Crippen molar-refractivity contribution < 1.29 is 5.11 Å². The molecule has 0 heterocycles. The molecular weight excluding hydrogens is 159 g/mol. The second-order valence-electron chi connectivity index (χ2n) is 1.78. The molecule has 50 valence electrons. The number of halogens is 1. The van der Waals surface area contributed by atoms with Gasteiger partial charge in [0.05, 0.1) is 6.61 Å². The maximum atomic E-state index is 8.59. The predicted octanol–water partition coefficient (Wildman–Crippen LogP) is 1.18. The molecule has 0 unspecified atom stereocenters. The SMILES string of the molecule is OCc1ccc(Cl)cc1.[NaH]. The van der Waals surface area contributed by atoms with Crippen LogP contribution in [0.5, 0.6) is 0 Å². The Labute approximate surface area is 87.3 Å². The van der Waals surface area contributed by atoms with E-state index in [1.165, 1.54) is 0 Å². The Morgan fingerprint density at radius 3 is 2.10 bits per heavy atom. The molecule has 0 atom stereocenters. The van der Waals surface area contributed by atoms with E-state index in [2.05, 4.69) is 0 Å². The number of hydrogen-bond donors (Lipinski definition) is 1. The average molecular weight is 167 g/mol. The van der Waals surface area contributed by atoms with Crippen LogP contribution in [0, 0.1) is 0 Å². The van der Waals surface area contributed by atoms with Crippen LogP contribution in [0.4, 0.5) is 0 Å². The molecule has 0 radical (unpaired) electrons. The van der Waals surface area contributed by atoms with Crippen molar-refractivity contribution >= 4 is 41.2 Å².